The highest BCUT2D eigenvalue weighted by Crippen LogP contribution is 2.39. The summed E-state index contributed by atoms with van der Waals surface area (Å²) in [5, 5.41) is 21.4. The van der Waals surface area contributed by atoms with Gasteiger partial charge in [-0.25, -0.2) is 4.79 Å². The van der Waals surface area contributed by atoms with Crippen molar-refractivity contribution in [2.75, 3.05) is 0 Å². The molecule has 12 heteroatoms. The molecule has 160 valence electrons. The van der Waals surface area contributed by atoms with Gasteiger partial charge < -0.3 is 26.4 Å². The van der Waals surface area contributed by atoms with Crippen molar-refractivity contribution < 1.29 is 24.5 Å². The van der Waals surface area contributed by atoms with Crippen LogP contribution in [0.3, 0.4) is 0 Å². The van der Waals surface area contributed by atoms with Gasteiger partial charge in [0.1, 0.15) is 18.4 Å². The van der Waals surface area contributed by atoms with Gasteiger partial charge in [0, 0.05) is 12.6 Å². The molecule has 1 saturated heterocycles. The summed E-state index contributed by atoms with van der Waals surface area (Å²) in [6.07, 6.45) is -2.86. The summed E-state index contributed by atoms with van der Waals surface area (Å²) < 4.78 is 6.52. The van der Waals surface area contributed by atoms with Gasteiger partial charge in [-0.2, -0.15) is 0 Å². The van der Waals surface area contributed by atoms with Crippen LogP contribution in [0.1, 0.15) is 32.1 Å². The van der Waals surface area contributed by atoms with Gasteiger partial charge >= 0.3 is 5.69 Å². The number of hydrogen-bond acceptors (Lipinski definition) is 9. The highest BCUT2D eigenvalue weighted by atomic mass is 79.9. The molecule has 11 nitrogen and oxygen atoms in total. The van der Waals surface area contributed by atoms with Crippen LogP contribution in [0.2, 0.25) is 0 Å². The Morgan fingerprint density at radius 1 is 1.38 bits per heavy atom. The van der Waals surface area contributed by atoms with Crippen LogP contribution in [0, 0.1) is 0 Å². The average Bonchev–Trinajstić information content (AvgIpc) is 3.00. The van der Waals surface area contributed by atoms with E-state index in [4.69, 9.17) is 16.2 Å². The zero-order valence-corrected chi connectivity index (χ0v) is 17.3. The molecule has 0 radical (unpaired) electrons. The number of H-pyrrole nitrogens is 1. The number of rotatable bonds is 7. The second-order valence-electron chi connectivity index (χ2n) is 6.97. The van der Waals surface area contributed by atoms with E-state index in [1.54, 1.807) is 0 Å². The number of Topliss-reactive ketones (excluding diaryl/α,β-unsaturated/α-hetero) is 2. The van der Waals surface area contributed by atoms with Crippen molar-refractivity contribution in [3.8, 4) is 0 Å². The molecule has 0 bridgehead atoms. The van der Waals surface area contributed by atoms with Crippen molar-refractivity contribution in [2.24, 2.45) is 11.5 Å². The molecule has 0 aliphatic carbocycles. The number of nitrogens with two attached hydrogens (primary N) is 2. The Morgan fingerprint density at radius 2 is 2.00 bits per heavy atom. The Bertz CT molecular complexity index is 938. The molecule has 1 unspecified atom stereocenters. The lowest BCUT2D eigenvalue weighted by Gasteiger charge is -2.31. The van der Waals surface area contributed by atoms with Gasteiger partial charge in [-0.3, -0.25) is 23.9 Å². The van der Waals surface area contributed by atoms with Crippen LogP contribution in [0.15, 0.2) is 20.8 Å². The van der Waals surface area contributed by atoms with Crippen molar-refractivity contribution in [1.29, 1.82) is 0 Å². The number of carbonyl (C=O) groups is 2. The van der Waals surface area contributed by atoms with Gasteiger partial charge in [0.2, 0.25) is 0 Å². The second-order valence-corrected chi connectivity index (χ2v) is 7.50. The van der Waals surface area contributed by atoms with E-state index in [1.165, 1.54) is 31.1 Å². The first-order valence-electron chi connectivity index (χ1n) is 8.71. The summed E-state index contributed by atoms with van der Waals surface area (Å²) in [7, 11) is 0. The standard InChI is InChI=1S/C17H23BrN4O7/c1-7(19)11(23)12(24)14-17(28,13(25)8(2)20)5-10(29-14)22-6-9(3-4-18)15(26)21-16(22)27/h3-4,6-8,10,12,14,24,28H,5,19-20H2,1-2H3,(H,21,26,27)/b4-3+/t7-,8-,10+,12?,14+,17+/m0/s1. The molecule has 1 aromatic heterocycles. The number of aliphatic hydroxyl groups excluding tert-OH is 1. The van der Waals surface area contributed by atoms with Crippen molar-refractivity contribution in [3.05, 3.63) is 37.6 Å². The lowest BCUT2D eigenvalue weighted by molar-refractivity contribution is -0.161. The molecule has 0 saturated carbocycles. The normalized spacial score (nSPS) is 27.7. The average molecular weight is 475 g/mol. The van der Waals surface area contributed by atoms with E-state index in [2.05, 4.69) is 20.9 Å². The summed E-state index contributed by atoms with van der Waals surface area (Å²) in [5.74, 6) is -1.73. The smallest absolute Gasteiger partial charge is 0.330 e. The minimum Gasteiger partial charge on any atom is -0.382 e. The van der Waals surface area contributed by atoms with Gasteiger partial charge in [-0.05, 0) is 24.9 Å². The van der Waals surface area contributed by atoms with Gasteiger partial charge in [-0.15, -0.1) is 0 Å². The number of nitrogens with zero attached hydrogens (tertiary/aromatic N) is 1. The third kappa shape index (κ3) is 4.47. The maximum atomic E-state index is 12.6. The molecule has 1 aliphatic rings. The van der Waals surface area contributed by atoms with E-state index in [-0.39, 0.29) is 5.56 Å². The Balaban J connectivity index is 2.54. The predicted octanol–water partition coefficient (Wildman–Crippen LogP) is -1.89. The number of ketones is 2. The van der Waals surface area contributed by atoms with Gasteiger partial charge in [0.15, 0.2) is 17.2 Å². The number of hydrogen-bond donors (Lipinski definition) is 5. The van der Waals surface area contributed by atoms with Crippen LogP contribution in [-0.4, -0.2) is 61.2 Å². The third-order valence-corrected chi connectivity index (χ3v) is 4.94. The molecular formula is C17H23BrN4O7. The first kappa shape index (κ1) is 23.3. The van der Waals surface area contributed by atoms with E-state index in [1.807, 2.05) is 0 Å². The fraction of sp³-hybridized carbons (Fsp3) is 0.529. The molecule has 0 spiro atoms. The second kappa shape index (κ2) is 8.81. The lowest BCUT2D eigenvalue weighted by atomic mass is 9.82. The minimum absolute atomic E-state index is 0.0859. The number of ether oxygens (including phenoxy) is 1. The Labute approximate surface area is 173 Å². The first-order chi connectivity index (χ1) is 13.4. The molecule has 29 heavy (non-hydrogen) atoms. The molecule has 0 aromatic carbocycles. The molecule has 1 aromatic rings. The predicted molar refractivity (Wildman–Crippen MR) is 106 cm³/mol. The highest BCUT2D eigenvalue weighted by molar-refractivity contribution is 9.11. The molecule has 1 aliphatic heterocycles. The summed E-state index contributed by atoms with van der Waals surface area (Å²) in [4.78, 5) is 52.4. The van der Waals surface area contributed by atoms with E-state index < -0.39 is 65.4 Å². The molecular weight excluding hydrogens is 452 g/mol. The quantitative estimate of drug-likeness (QED) is 0.300. The largest absolute Gasteiger partial charge is 0.382 e. The highest BCUT2D eigenvalue weighted by Gasteiger charge is 2.58. The zero-order valence-electron chi connectivity index (χ0n) is 15.7. The molecule has 2 rings (SSSR count). The van der Waals surface area contributed by atoms with Crippen LogP contribution in [0.25, 0.3) is 6.08 Å². The Kier molecular flexibility index (Phi) is 7.09. The number of aromatic nitrogens is 2. The first-order valence-corrected chi connectivity index (χ1v) is 9.63. The van der Waals surface area contributed by atoms with E-state index in [0.717, 1.165) is 4.57 Å². The summed E-state index contributed by atoms with van der Waals surface area (Å²) in [6.45, 7) is 2.66. The molecule has 1 fully saturated rings. The number of aromatic amines is 1. The molecule has 6 atom stereocenters. The Morgan fingerprint density at radius 3 is 2.52 bits per heavy atom. The van der Waals surface area contributed by atoms with Crippen molar-refractivity contribution in [2.45, 2.75) is 56.4 Å². The van der Waals surface area contributed by atoms with Gasteiger partial charge in [-0.1, -0.05) is 15.9 Å². The van der Waals surface area contributed by atoms with Gasteiger partial charge in [0.25, 0.3) is 5.56 Å². The molecule has 0 amide bonds. The van der Waals surface area contributed by atoms with Crippen molar-refractivity contribution in [3.63, 3.8) is 0 Å². The van der Waals surface area contributed by atoms with Crippen molar-refractivity contribution in [1.82, 2.24) is 9.55 Å². The fourth-order valence-electron chi connectivity index (χ4n) is 3.17. The van der Waals surface area contributed by atoms with E-state index in [0.29, 0.717) is 0 Å². The van der Waals surface area contributed by atoms with E-state index in [9.17, 15) is 29.4 Å². The monoisotopic (exact) mass is 474 g/mol. The maximum Gasteiger partial charge on any atom is 0.330 e. The van der Waals surface area contributed by atoms with Crippen LogP contribution in [-0.2, 0) is 14.3 Å². The number of halogens is 1. The summed E-state index contributed by atoms with van der Waals surface area (Å²) in [5.41, 5.74) is 7.32. The minimum atomic E-state index is -2.36. The number of aliphatic hydroxyl groups is 2. The van der Waals surface area contributed by atoms with Crippen LogP contribution in [0.5, 0.6) is 0 Å². The SMILES string of the molecule is C[C@H](N)C(=O)C(O)[C@H]1O[C@@H](n2cc(/C=C/Br)c(=O)[nH]c2=O)C[C@@]1(O)C(=O)[C@H](C)N. The summed E-state index contributed by atoms with van der Waals surface area (Å²) >= 11 is 3.03. The molecule has 2 heterocycles. The topological polar surface area (TPSA) is 191 Å². The summed E-state index contributed by atoms with van der Waals surface area (Å²) in [6, 6.07) is -2.23. The Hall–Kier alpha value is -1.96. The fourth-order valence-corrected chi connectivity index (χ4v) is 3.45. The van der Waals surface area contributed by atoms with Crippen LogP contribution >= 0.6 is 15.9 Å². The maximum absolute atomic E-state index is 12.6. The van der Waals surface area contributed by atoms with Crippen LogP contribution in [0.4, 0.5) is 0 Å². The van der Waals surface area contributed by atoms with Crippen molar-refractivity contribution >= 4 is 33.6 Å². The van der Waals surface area contributed by atoms with Gasteiger partial charge in [0.05, 0.1) is 17.6 Å². The molecule has 7 N–H and O–H groups in total. The number of carbonyl (C=O) groups excluding carboxylic acids is 2. The third-order valence-electron chi connectivity index (χ3n) is 4.68. The number of nitrogens with one attached hydrogen (secondary N) is 1. The van der Waals surface area contributed by atoms with E-state index >= 15 is 0 Å². The van der Waals surface area contributed by atoms with Crippen LogP contribution < -0.4 is 22.7 Å². The zero-order chi connectivity index (χ0) is 22.1. The lowest BCUT2D eigenvalue weighted by Crippen LogP contribution is -2.59.